The van der Waals surface area contributed by atoms with Crippen LogP contribution < -0.4 is 19.1 Å². The second-order valence-corrected chi connectivity index (χ2v) is 7.95. The molecule has 0 atom stereocenters. The van der Waals surface area contributed by atoms with Crippen LogP contribution in [0.5, 0.6) is 11.8 Å². The zero-order valence-corrected chi connectivity index (χ0v) is 16.4. The number of sulfonamides is 1. The molecule has 1 aromatic carbocycles. The molecule has 27 heavy (non-hydrogen) atoms. The van der Waals surface area contributed by atoms with Gasteiger partial charge in [-0.3, -0.25) is 0 Å². The summed E-state index contributed by atoms with van der Waals surface area (Å²) in [4.78, 5) is 14.9. The summed E-state index contributed by atoms with van der Waals surface area (Å²) in [5.41, 5.74) is 0.814. The first-order valence-corrected chi connectivity index (χ1v) is 10.1. The molecule has 2 aromatic rings. The van der Waals surface area contributed by atoms with Gasteiger partial charge in [0, 0.05) is 13.1 Å². The van der Waals surface area contributed by atoms with Gasteiger partial charge >= 0.3 is 6.01 Å². The van der Waals surface area contributed by atoms with Crippen molar-refractivity contribution in [2.24, 2.45) is 0 Å². The van der Waals surface area contributed by atoms with E-state index in [-0.39, 0.29) is 23.2 Å². The molecule has 3 rings (SSSR count). The Morgan fingerprint density at radius 2 is 1.85 bits per heavy atom. The van der Waals surface area contributed by atoms with Crippen LogP contribution in [-0.2, 0) is 16.6 Å². The smallest absolute Gasteiger partial charge is 0.321 e. The fourth-order valence-electron chi connectivity index (χ4n) is 2.85. The highest BCUT2D eigenvalue weighted by atomic mass is 32.2. The Kier molecular flexibility index (Phi) is 5.76. The van der Waals surface area contributed by atoms with Gasteiger partial charge in [0.15, 0.2) is 5.82 Å². The summed E-state index contributed by atoms with van der Waals surface area (Å²) >= 11 is 0. The monoisotopic (exact) mass is 393 g/mol. The normalized spacial score (nSPS) is 14.4. The molecule has 0 amide bonds. The number of anilines is 1. The van der Waals surface area contributed by atoms with E-state index >= 15 is 0 Å². The van der Waals surface area contributed by atoms with Crippen LogP contribution in [-0.4, -0.2) is 50.7 Å². The Balaban J connectivity index is 1.83. The molecule has 1 saturated heterocycles. The quantitative estimate of drug-likeness (QED) is 0.750. The minimum absolute atomic E-state index is 0.0748. The van der Waals surface area contributed by atoms with Crippen molar-refractivity contribution in [1.82, 2.24) is 19.7 Å². The van der Waals surface area contributed by atoms with Crippen molar-refractivity contribution in [2.45, 2.75) is 31.2 Å². The van der Waals surface area contributed by atoms with Crippen molar-refractivity contribution in [3.05, 3.63) is 29.6 Å². The number of nitrogens with one attached hydrogen (secondary N) is 1. The van der Waals surface area contributed by atoms with E-state index in [1.54, 1.807) is 18.2 Å². The molecule has 0 unspecified atom stereocenters. The van der Waals surface area contributed by atoms with E-state index in [0.717, 1.165) is 31.5 Å². The lowest BCUT2D eigenvalue weighted by Crippen LogP contribution is -2.27. The Bertz CT molecular complexity index is 914. The topological polar surface area (TPSA) is 107 Å². The minimum Gasteiger partial charge on any atom is -0.495 e. The molecule has 0 spiro atoms. The summed E-state index contributed by atoms with van der Waals surface area (Å²) in [5, 5.41) is 0. The van der Waals surface area contributed by atoms with Crippen molar-refractivity contribution in [3.8, 4) is 11.8 Å². The molecule has 1 aliphatic heterocycles. The first-order chi connectivity index (χ1) is 12.9. The highest BCUT2D eigenvalue weighted by molar-refractivity contribution is 7.89. The summed E-state index contributed by atoms with van der Waals surface area (Å²) in [6.45, 7) is 3.45. The van der Waals surface area contributed by atoms with Crippen molar-refractivity contribution >= 4 is 16.0 Å². The predicted molar refractivity (Wildman–Crippen MR) is 99.6 cm³/mol. The first-order valence-electron chi connectivity index (χ1n) is 8.61. The molecule has 9 nitrogen and oxygen atoms in total. The number of ether oxygens (including phenoxy) is 2. The number of hydrogen-bond acceptors (Lipinski definition) is 8. The van der Waals surface area contributed by atoms with Gasteiger partial charge in [0.25, 0.3) is 0 Å². The SMILES string of the molecule is COc1nc(CNS(=O)(=O)c2cc(C)ccc2OC)nc(N2CCCC2)n1. The fourth-order valence-corrected chi connectivity index (χ4v) is 4.08. The van der Waals surface area contributed by atoms with Gasteiger partial charge in [0.2, 0.25) is 16.0 Å². The zero-order valence-electron chi connectivity index (χ0n) is 15.6. The van der Waals surface area contributed by atoms with Crippen LogP contribution in [0.1, 0.15) is 24.2 Å². The average molecular weight is 393 g/mol. The third-order valence-electron chi connectivity index (χ3n) is 4.25. The molecular formula is C17H23N5O4S. The molecule has 10 heteroatoms. The van der Waals surface area contributed by atoms with Crippen molar-refractivity contribution in [2.75, 3.05) is 32.2 Å². The van der Waals surface area contributed by atoms with Crippen molar-refractivity contribution in [1.29, 1.82) is 0 Å². The van der Waals surface area contributed by atoms with E-state index < -0.39 is 10.0 Å². The van der Waals surface area contributed by atoms with Crippen LogP contribution in [0.2, 0.25) is 0 Å². The Morgan fingerprint density at radius 1 is 1.11 bits per heavy atom. The van der Waals surface area contributed by atoms with Gasteiger partial charge < -0.3 is 14.4 Å². The molecule has 0 saturated carbocycles. The number of methoxy groups -OCH3 is 2. The third kappa shape index (κ3) is 4.45. The summed E-state index contributed by atoms with van der Waals surface area (Å²) in [5.74, 6) is 1.07. The fraction of sp³-hybridized carbons (Fsp3) is 0.471. The van der Waals surface area contributed by atoms with Crippen LogP contribution in [0.25, 0.3) is 0 Å². The molecule has 1 aliphatic rings. The zero-order chi connectivity index (χ0) is 19.4. The maximum absolute atomic E-state index is 12.7. The third-order valence-corrected chi connectivity index (χ3v) is 5.67. The lowest BCUT2D eigenvalue weighted by atomic mass is 10.2. The van der Waals surface area contributed by atoms with Crippen molar-refractivity contribution < 1.29 is 17.9 Å². The molecule has 1 N–H and O–H groups in total. The summed E-state index contributed by atoms with van der Waals surface area (Å²) < 4.78 is 38.3. The lowest BCUT2D eigenvalue weighted by Gasteiger charge is -2.16. The van der Waals surface area contributed by atoms with Gasteiger partial charge in [0.1, 0.15) is 10.6 Å². The van der Waals surface area contributed by atoms with Crippen molar-refractivity contribution in [3.63, 3.8) is 0 Å². The maximum atomic E-state index is 12.7. The van der Waals surface area contributed by atoms with E-state index in [1.165, 1.54) is 14.2 Å². The summed E-state index contributed by atoms with van der Waals surface area (Å²) in [6, 6.07) is 5.14. The van der Waals surface area contributed by atoms with Gasteiger partial charge in [-0.2, -0.15) is 15.0 Å². The van der Waals surface area contributed by atoms with Gasteiger partial charge in [-0.15, -0.1) is 0 Å². The average Bonchev–Trinajstić information content (AvgIpc) is 3.21. The molecule has 0 aliphatic carbocycles. The summed E-state index contributed by atoms with van der Waals surface area (Å²) in [7, 11) is -0.905. The molecule has 146 valence electrons. The largest absolute Gasteiger partial charge is 0.495 e. The molecule has 1 aromatic heterocycles. The molecule has 0 bridgehead atoms. The molecule has 1 fully saturated rings. The Hall–Kier alpha value is -2.46. The van der Waals surface area contributed by atoms with Crippen LogP contribution in [0.4, 0.5) is 5.95 Å². The van der Waals surface area contributed by atoms with Gasteiger partial charge in [-0.25, -0.2) is 13.1 Å². The first kappa shape index (κ1) is 19.3. The van der Waals surface area contributed by atoms with E-state index in [4.69, 9.17) is 9.47 Å². The molecule has 2 heterocycles. The number of rotatable bonds is 7. The van der Waals surface area contributed by atoms with Crippen LogP contribution in [0.15, 0.2) is 23.1 Å². The van der Waals surface area contributed by atoms with Gasteiger partial charge in [-0.1, -0.05) is 6.07 Å². The van der Waals surface area contributed by atoms with E-state index in [9.17, 15) is 8.42 Å². The van der Waals surface area contributed by atoms with Crippen LogP contribution >= 0.6 is 0 Å². The van der Waals surface area contributed by atoms with Gasteiger partial charge in [-0.05, 0) is 37.5 Å². The number of benzene rings is 1. The Morgan fingerprint density at radius 3 is 2.52 bits per heavy atom. The van der Waals surface area contributed by atoms with E-state index in [0.29, 0.717) is 11.8 Å². The minimum atomic E-state index is -3.81. The standard InChI is InChI=1S/C17H23N5O4S/c1-12-6-7-13(25-2)14(10-12)27(23,24)18-11-15-19-16(21-17(20-15)26-3)22-8-4-5-9-22/h6-7,10,18H,4-5,8-9,11H2,1-3H3. The number of aryl methyl sites for hydroxylation is 1. The van der Waals surface area contributed by atoms with E-state index in [2.05, 4.69) is 19.7 Å². The molecule has 0 radical (unpaired) electrons. The second kappa shape index (κ2) is 8.05. The van der Waals surface area contributed by atoms with E-state index in [1.807, 2.05) is 11.8 Å². The lowest BCUT2D eigenvalue weighted by molar-refractivity contribution is 0.375. The second-order valence-electron chi connectivity index (χ2n) is 6.21. The predicted octanol–water partition coefficient (Wildman–Crippen LogP) is 1.28. The van der Waals surface area contributed by atoms with Crippen LogP contribution in [0.3, 0.4) is 0 Å². The molecular weight excluding hydrogens is 370 g/mol. The summed E-state index contributed by atoms with van der Waals surface area (Å²) in [6.07, 6.45) is 2.15. The highest BCUT2D eigenvalue weighted by Crippen LogP contribution is 2.25. The van der Waals surface area contributed by atoms with Gasteiger partial charge in [0.05, 0.1) is 20.8 Å². The highest BCUT2D eigenvalue weighted by Gasteiger charge is 2.22. The maximum Gasteiger partial charge on any atom is 0.321 e. The number of aromatic nitrogens is 3. The number of nitrogens with zero attached hydrogens (tertiary/aromatic N) is 4. The number of hydrogen-bond donors (Lipinski definition) is 1. The Labute approximate surface area is 158 Å². The van der Waals surface area contributed by atoms with Crippen LogP contribution in [0, 0.1) is 6.92 Å².